The summed E-state index contributed by atoms with van der Waals surface area (Å²) in [6, 6.07) is 19.5. The number of anilines is 1. The molecule has 0 saturated carbocycles. The van der Waals surface area contributed by atoms with Gasteiger partial charge in [0.1, 0.15) is 17.0 Å². The Morgan fingerprint density at radius 2 is 1.82 bits per heavy atom. The van der Waals surface area contributed by atoms with Gasteiger partial charge in [-0.05, 0) is 12.5 Å². The number of rotatable bonds is 8. The van der Waals surface area contributed by atoms with Crippen LogP contribution in [-0.2, 0) is 17.9 Å². The van der Waals surface area contributed by atoms with Crippen molar-refractivity contribution in [3.05, 3.63) is 89.0 Å². The number of aryl methyl sites for hydroxylation is 1. The van der Waals surface area contributed by atoms with Gasteiger partial charge in [0.15, 0.2) is 17.4 Å². The van der Waals surface area contributed by atoms with E-state index in [1.54, 1.807) is 12.3 Å². The number of hydrogen-bond acceptors (Lipinski definition) is 10. The molecule has 9 nitrogen and oxygen atoms in total. The average Bonchev–Trinajstić information content (AvgIpc) is 3.62. The van der Waals surface area contributed by atoms with Crippen LogP contribution in [0, 0.1) is 6.92 Å². The minimum atomic E-state index is -0.574. The second-order valence-corrected chi connectivity index (χ2v) is 8.14. The molecule has 0 radical (unpaired) electrons. The topological polar surface area (TPSA) is 116 Å². The largest absolute Gasteiger partial charge is 0.451 e. The highest BCUT2D eigenvalue weighted by Gasteiger charge is 2.22. The average molecular weight is 474 g/mol. The molecular formula is C24H19N5O4S. The van der Waals surface area contributed by atoms with Crippen molar-refractivity contribution >= 4 is 22.4 Å². The van der Waals surface area contributed by atoms with Crippen molar-refractivity contribution in [2.24, 2.45) is 0 Å². The summed E-state index contributed by atoms with van der Waals surface area (Å²) in [4.78, 5) is 16.7. The number of nitrogens with zero attached hydrogens (tertiary/aromatic N) is 4. The Morgan fingerprint density at radius 3 is 2.62 bits per heavy atom. The highest BCUT2D eigenvalue weighted by atomic mass is 32.1. The van der Waals surface area contributed by atoms with Gasteiger partial charge < -0.3 is 19.0 Å². The van der Waals surface area contributed by atoms with Crippen LogP contribution in [0.15, 0.2) is 75.0 Å². The SMILES string of the molecule is Cc1onc(-c2ccccc2)c1-c1nnc(COC(=O)c2csc(NCc3ccccc3)n2)o1. The van der Waals surface area contributed by atoms with Gasteiger partial charge in [0.05, 0.1) is 0 Å². The van der Waals surface area contributed by atoms with Gasteiger partial charge in [-0.25, -0.2) is 9.78 Å². The lowest BCUT2D eigenvalue weighted by atomic mass is 10.1. The van der Waals surface area contributed by atoms with Gasteiger partial charge in [0.2, 0.25) is 0 Å². The molecule has 5 aromatic rings. The number of thiazole rings is 1. The van der Waals surface area contributed by atoms with E-state index >= 15 is 0 Å². The van der Waals surface area contributed by atoms with Crippen molar-refractivity contribution in [1.29, 1.82) is 0 Å². The molecule has 34 heavy (non-hydrogen) atoms. The Bertz CT molecular complexity index is 1400. The number of hydrogen-bond donors (Lipinski definition) is 1. The summed E-state index contributed by atoms with van der Waals surface area (Å²) in [5, 5.41) is 17.7. The van der Waals surface area contributed by atoms with E-state index < -0.39 is 5.97 Å². The molecule has 1 N–H and O–H groups in total. The van der Waals surface area contributed by atoms with Crippen molar-refractivity contribution in [3.63, 3.8) is 0 Å². The summed E-state index contributed by atoms with van der Waals surface area (Å²) in [5.74, 6) is 0.365. The number of nitrogens with one attached hydrogen (secondary N) is 1. The minimum absolute atomic E-state index is 0.153. The molecule has 170 valence electrons. The summed E-state index contributed by atoms with van der Waals surface area (Å²) in [6.45, 7) is 2.20. The van der Waals surface area contributed by atoms with Gasteiger partial charge in [-0.1, -0.05) is 65.8 Å². The Labute approximate surface area is 198 Å². The first-order chi connectivity index (χ1) is 16.7. The molecule has 0 aliphatic carbocycles. The highest BCUT2D eigenvalue weighted by molar-refractivity contribution is 7.13. The number of aromatic nitrogens is 4. The normalized spacial score (nSPS) is 10.9. The number of benzene rings is 2. The van der Waals surface area contributed by atoms with Crippen LogP contribution in [0.1, 0.15) is 27.7 Å². The van der Waals surface area contributed by atoms with E-state index in [0.29, 0.717) is 28.7 Å². The third-order valence-corrected chi connectivity index (χ3v) is 5.72. The van der Waals surface area contributed by atoms with E-state index in [2.05, 4.69) is 25.7 Å². The van der Waals surface area contributed by atoms with Crippen LogP contribution in [0.5, 0.6) is 0 Å². The van der Waals surface area contributed by atoms with Crippen molar-refractivity contribution in [1.82, 2.24) is 20.3 Å². The second kappa shape index (κ2) is 9.67. The van der Waals surface area contributed by atoms with Crippen LogP contribution >= 0.6 is 11.3 Å². The molecule has 0 aliphatic heterocycles. The Hall–Kier alpha value is -4.31. The number of ether oxygens (including phenoxy) is 1. The molecule has 0 spiro atoms. The molecule has 0 aliphatic rings. The molecule has 10 heteroatoms. The van der Waals surface area contributed by atoms with Crippen LogP contribution in [0.25, 0.3) is 22.7 Å². The number of esters is 1. The summed E-state index contributed by atoms with van der Waals surface area (Å²) >= 11 is 1.33. The quantitative estimate of drug-likeness (QED) is 0.306. The van der Waals surface area contributed by atoms with Crippen molar-refractivity contribution in [2.75, 3.05) is 5.32 Å². The maximum absolute atomic E-state index is 12.4. The molecule has 0 saturated heterocycles. The lowest BCUT2D eigenvalue weighted by Gasteiger charge is -2.02. The van der Waals surface area contributed by atoms with Gasteiger partial charge in [0.25, 0.3) is 11.8 Å². The van der Waals surface area contributed by atoms with E-state index in [-0.39, 0.29) is 24.1 Å². The van der Waals surface area contributed by atoms with Crippen molar-refractivity contribution < 1.29 is 18.5 Å². The molecule has 5 rings (SSSR count). The van der Waals surface area contributed by atoms with Crippen molar-refractivity contribution in [2.45, 2.75) is 20.1 Å². The molecule has 0 atom stereocenters. The maximum atomic E-state index is 12.4. The van der Waals surface area contributed by atoms with Gasteiger partial charge >= 0.3 is 5.97 Å². The third kappa shape index (κ3) is 4.71. The summed E-state index contributed by atoms with van der Waals surface area (Å²) in [5.41, 5.74) is 3.39. The smallest absolute Gasteiger partial charge is 0.358 e. The lowest BCUT2D eigenvalue weighted by Crippen LogP contribution is -2.06. The summed E-state index contributed by atoms with van der Waals surface area (Å²) in [6.07, 6.45) is 0. The van der Waals surface area contributed by atoms with E-state index in [1.165, 1.54) is 11.3 Å². The van der Waals surface area contributed by atoms with Crippen LogP contribution in [0.4, 0.5) is 5.13 Å². The van der Waals surface area contributed by atoms with Gasteiger partial charge in [0, 0.05) is 17.5 Å². The monoisotopic (exact) mass is 473 g/mol. The maximum Gasteiger partial charge on any atom is 0.358 e. The molecular weight excluding hydrogens is 454 g/mol. The van der Waals surface area contributed by atoms with E-state index in [4.69, 9.17) is 13.7 Å². The second-order valence-electron chi connectivity index (χ2n) is 7.28. The Kier molecular flexibility index (Phi) is 6.13. The lowest BCUT2D eigenvalue weighted by molar-refractivity contribution is 0.0433. The van der Waals surface area contributed by atoms with Crippen LogP contribution in [0.3, 0.4) is 0 Å². The van der Waals surface area contributed by atoms with Crippen LogP contribution in [-0.4, -0.2) is 26.3 Å². The number of carbonyl (C=O) groups excluding carboxylic acids is 1. The van der Waals surface area contributed by atoms with Gasteiger partial charge in [-0.3, -0.25) is 0 Å². The highest BCUT2D eigenvalue weighted by Crippen LogP contribution is 2.33. The van der Waals surface area contributed by atoms with Crippen LogP contribution < -0.4 is 5.32 Å². The standard InChI is InChI=1S/C24H19N5O4S/c1-15-20(21(29-33-15)17-10-6-3-7-11-17)22-28-27-19(32-22)13-31-23(30)18-14-34-24(26-18)25-12-16-8-4-2-5-9-16/h2-11,14H,12-13H2,1H3,(H,25,26). The molecule has 3 aromatic heterocycles. The number of carbonyl (C=O) groups is 1. The molecule has 3 heterocycles. The fraction of sp³-hybridized carbons (Fsp3) is 0.125. The predicted molar refractivity (Wildman–Crippen MR) is 125 cm³/mol. The molecule has 0 bridgehead atoms. The van der Waals surface area contributed by atoms with E-state index in [0.717, 1.165) is 11.1 Å². The molecule has 0 unspecified atom stereocenters. The first kappa shape index (κ1) is 21.5. The third-order valence-electron chi connectivity index (χ3n) is 4.92. The Morgan fingerprint density at radius 1 is 1.06 bits per heavy atom. The van der Waals surface area contributed by atoms with Crippen molar-refractivity contribution in [3.8, 4) is 22.7 Å². The predicted octanol–water partition coefficient (Wildman–Crippen LogP) is 5.13. The van der Waals surface area contributed by atoms with Gasteiger partial charge in [-0.2, -0.15) is 0 Å². The molecule has 0 fully saturated rings. The summed E-state index contributed by atoms with van der Waals surface area (Å²) in [7, 11) is 0. The first-order valence-electron chi connectivity index (χ1n) is 10.4. The fourth-order valence-electron chi connectivity index (χ4n) is 3.25. The zero-order valence-electron chi connectivity index (χ0n) is 18.1. The van der Waals surface area contributed by atoms with E-state index in [1.807, 2.05) is 60.7 Å². The first-order valence-corrected chi connectivity index (χ1v) is 11.3. The van der Waals surface area contributed by atoms with E-state index in [9.17, 15) is 4.79 Å². The summed E-state index contributed by atoms with van der Waals surface area (Å²) < 4.78 is 16.4. The van der Waals surface area contributed by atoms with Crippen LogP contribution in [0.2, 0.25) is 0 Å². The molecule has 2 aromatic carbocycles. The zero-order chi connectivity index (χ0) is 23.3. The molecule has 0 amide bonds. The fourth-order valence-corrected chi connectivity index (χ4v) is 3.93. The minimum Gasteiger partial charge on any atom is -0.451 e. The zero-order valence-corrected chi connectivity index (χ0v) is 18.9. The van der Waals surface area contributed by atoms with Gasteiger partial charge in [-0.15, -0.1) is 21.5 Å². The Balaban J connectivity index is 1.22.